The van der Waals surface area contributed by atoms with Crippen molar-refractivity contribution in [1.29, 1.82) is 0 Å². The Balaban J connectivity index is 1.20. The summed E-state index contributed by atoms with van der Waals surface area (Å²) in [6.07, 6.45) is 6.64. The standard InChI is InChI=1S/C28H37N3O3/c1-23-6-11-27(24(2)20-23)34-22-28(32-3)12-17-30(18-13-28)21-25-7-9-26(10-8-25)33-19-5-16-31-15-4-14-29-31/h4,6-11,14-15,20H,5,12-13,16-19,21-22H2,1-3H3. The van der Waals surface area contributed by atoms with Crippen LogP contribution in [-0.2, 0) is 17.8 Å². The van der Waals surface area contributed by atoms with E-state index in [1.807, 2.05) is 24.1 Å². The first-order valence-corrected chi connectivity index (χ1v) is 12.2. The molecule has 6 nitrogen and oxygen atoms in total. The molecule has 1 aliphatic rings. The van der Waals surface area contributed by atoms with E-state index in [-0.39, 0.29) is 5.60 Å². The van der Waals surface area contributed by atoms with E-state index in [9.17, 15) is 0 Å². The lowest BCUT2D eigenvalue weighted by Gasteiger charge is -2.40. The number of aryl methyl sites for hydroxylation is 3. The van der Waals surface area contributed by atoms with Crippen molar-refractivity contribution in [1.82, 2.24) is 14.7 Å². The monoisotopic (exact) mass is 463 g/mol. The molecular weight excluding hydrogens is 426 g/mol. The molecule has 1 saturated heterocycles. The van der Waals surface area contributed by atoms with Crippen LogP contribution in [0.15, 0.2) is 60.9 Å². The van der Waals surface area contributed by atoms with Crippen LogP contribution in [0.5, 0.6) is 11.5 Å². The molecule has 34 heavy (non-hydrogen) atoms. The molecule has 0 bridgehead atoms. The van der Waals surface area contributed by atoms with E-state index in [0.29, 0.717) is 13.2 Å². The highest BCUT2D eigenvalue weighted by molar-refractivity contribution is 5.35. The molecule has 0 spiro atoms. The van der Waals surface area contributed by atoms with Crippen LogP contribution in [0.2, 0.25) is 0 Å². The van der Waals surface area contributed by atoms with Gasteiger partial charge in [-0.3, -0.25) is 9.58 Å². The summed E-state index contributed by atoms with van der Waals surface area (Å²) in [5.41, 5.74) is 3.51. The van der Waals surface area contributed by atoms with Gasteiger partial charge in [0, 0.05) is 52.1 Å². The second-order valence-corrected chi connectivity index (χ2v) is 9.34. The SMILES string of the molecule is COC1(COc2ccc(C)cc2C)CCN(Cc2ccc(OCCCn3cccn3)cc2)CC1. The van der Waals surface area contributed by atoms with Gasteiger partial charge >= 0.3 is 0 Å². The molecule has 1 aliphatic heterocycles. The first kappa shape index (κ1) is 24.3. The van der Waals surface area contributed by atoms with Gasteiger partial charge in [-0.15, -0.1) is 0 Å². The summed E-state index contributed by atoms with van der Waals surface area (Å²) in [5, 5.41) is 4.21. The molecule has 2 aromatic carbocycles. The third-order valence-corrected chi connectivity index (χ3v) is 6.71. The lowest BCUT2D eigenvalue weighted by atomic mass is 9.91. The second-order valence-electron chi connectivity index (χ2n) is 9.34. The average Bonchev–Trinajstić information content (AvgIpc) is 3.37. The number of hydrogen-bond acceptors (Lipinski definition) is 5. The van der Waals surface area contributed by atoms with Crippen LogP contribution in [-0.4, -0.2) is 53.7 Å². The van der Waals surface area contributed by atoms with Gasteiger partial charge in [-0.05, 0) is 62.1 Å². The number of aromatic nitrogens is 2. The largest absolute Gasteiger partial charge is 0.494 e. The highest BCUT2D eigenvalue weighted by Crippen LogP contribution is 2.29. The molecule has 6 heteroatoms. The number of piperidine rings is 1. The first-order valence-electron chi connectivity index (χ1n) is 12.2. The smallest absolute Gasteiger partial charge is 0.122 e. The summed E-state index contributed by atoms with van der Waals surface area (Å²) in [5.74, 6) is 1.87. The van der Waals surface area contributed by atoms with Crippen molar-refractivity contribution in [2.75, 3.05) is 33.4 Å². The Hall–Kier alpha value is -2.83. The molecule has 0 saturated carbocycles. The van der Waals surface area contributed by atoms with Crippen LogP contribution in [0.1, 0.15) is 36.0 Å². The van der Waals surface area contributed by atoms with Crippen LogP contribution >= 0.6 is 0 Å². The van der Waals surface area contributed by atoms with Crippen LogP contribution in [0.3, 0.4) is 0 Å². The van der Waals surface area contributed by atoms with E-state index in [1.54, 1.807) is 6.20 Å². The van der Waals surface area contributed by atoms with Crippen LogP contribution in [0, 0.1) is 13.8 Å². The van der Waals surface area contributed by atoms with Gasteiger partial charge in [0.05, 0.1) is 6.61 Å². The summed E-state index contributed by atoms with van der Waals surface area (Å²) in [6, 6.07) is 16.8. The van der Waals surface area contributed by atoms with E-state index in [4.69, 9.17) is 14.2 Å². The number of methoxy groups -OCH3 is 1. The molecular formula is C28H37N3O3. The molecule has 2 heterocycles. The Morgan fingerprint density at radius 2 is 1.79 bits per heavy atom. The third kappa shape index (κ3) is 6.61. The molecule has 0 aliphatic carbocycles. The third-order valence-electron chi connectivity index (χ3n) is 6.71. The molecule has 3 aromatic rings. The Bertz CT molecular complexity index is 1010. The van der Waals surface area contributed by atoms with Gasteiger partial charge in [0.15, 0.2) is 0 Å². The summed E-state index contributed by atoms with van der Waals surface area (Å²) in [6.45, 7) is 9.29. The Morgan fingerprint density at radius 1 is 1.00 bits per heavy atom. The van der Waals surface area contributed by atoms with Crippen molar-refractivity contribution in [2.24, 2.45) is 0 Å². The number of likely N-dealkylation sites (tertiary alicyclic amines) is 1. The van der Waals surface area contributed by atoms with Crippen molar-refractivity contribution in [3.8, 4) is 11.5 Å². The van der Waals surface area contributed by atoms with Crippen LogP contribution < -0.4 is 9.47 Å². The molecule has 0 amide bonds. The molecule has 4 rings (SSSR count). The normalized spacial score (nSPS) is 15.9. The fourth-order valence-electron chi connectivity index (χ4n) is 4.50. The molecule has 1 aromatic heterocycles. The Labute approximate surface area is 203 Å². The minimum atomic E-state index is -0.221. The fourth-order valence-corrected chi connectivity index (χ4v) is 4.50. The van der Waals surface area contributed by atoms with E-state index in [2.05, 4.69) is 66.3 Å². The van der Waals surface area contributed by atoms with Crippen LogP contribution in [0.25, 0.3) is 0 Å². The van der Waals surface area contributed by atoms with Crippen LogP contribution in [0.4, 0.5) is 0 Å². The Morgan fingerprint density at radius 3 is 2.47 bits per heavy atom. The van der Waals surface area contributed by atoms with Crippen molar-refractivity contribution < 1.29 is 14.2 Å². The van der Waals surface area contributed by atoms with Gasteiger partial charge in [-0.2, -0.15) is 5.10 Å². The highest BCUT2D eigenvalue weighted by Gasteiger charge is 2.35. The quantitative estimate of drug-likeness (QED) is 0.373. The average molecular weight is 464 g/mol. The van der Waals surface area contributed by atoms with E-state index < -0.39 is 0 Å². The van der Waals surface area contributed by atoms with E-state index in [0.717, 1.165) is 56.9 Å². The van der Waals surface area contributed by atoms with Gasteiger partial charge in [-0.25, -0.2) is 0 Å². The predicted octanol–water partition coefficient (Wildman–Crippen LogP) is 5.03. The van der Waals surface area contributed by atoms with Gasteiger partial charge in [0.2, 0.25) is 0 Å². The van der Waals surface area contributed by atoms with Crippen molar-refractivity contribution in [3.05, 3.63) is 77.6 Å². The van der Waals surface area contributed by atoms with Crippen molar-refractivity contribution in [3.63, 3.8) is 0 Å². The van der Waals surface area contributed by atoms with Gasteiger partial charge in [0.1, 0.15) is 23.7 Å². The van der Waals surface area contributed by atoms with Gasteiger partial charge in [-0.1, -0.05) is 29.8 Å². The summed E-state index contributed by atoms with van der Waals surface area (Å²) in [7, 11) is 1.81. The van der Waals surface area contributed by atoms with Crippen molar-refractivity contribution >= 4 is 0 Å². The molecule has 1 fully saturated rings. The molecule has 0 N–H and O–H groups in total. The summed E-state index contributed by atoms with van der Waals surface area (Å²) >= 11 is 0. The summed E-state index contributed by atoms with van der Waals surface area (Å²) < 4.78 is 20.0. The number of ether oxygens (including phenoxy) is 3. The predicted molar refractivity (Wildman–Crippen MR) is 134 cm³/mol. The Kier molecular flexibility index (Phi) is 8.25. The minimum absolute atomic E-state index is 0.221. The molecule has 0 unspecified atom stereocenters. The minimum Gasteiger partial charge on any atom is -0.494 e. The lowest BCUT2D eigenvalue weighted by Crippen LogP contribution is -2.48. The first-order chi connectivity index (χ1) is 16.5. The zero-order valence-corrected chi connectivity index (χ0v) is 20.7. The molecule has 0 atom stereocenters. The number of nitrogens with zero attached hydrogens (tertiary/aromatic N) is 3. The second kappa shape index (κ2) is 11.5. The molecule has 0 radical (unpaired) electrons. The fraction of sp³-hybridized carbons (Fsp3) is 0.464. The lowest BCUT2D eigenvalue weighted by molar-refractivity contribution is -0.0840. The maximum absolute atomic E-state index is 6.19. The maximum Gasteiger partial charge on any atom is 0.122 e. The topological polar surface area (TPSA) is 48.8 Å². The summed E-state index contributed by atoms with van der Waals surface area (Å²) in [4.78, 5) is 2.49. The number of benzene rings is 2. The highest BCUT2D eigenvalue weighted by atomic mass is 16.5. The van der Waals surface area contributed by atoms with E-state index in [1.165, 1.54) is 16.7 Å². The maximum atomic E-state index is 6.19. The zero-order chi connectivity index (χ0) is 23.8. The van der Waals surface area contributed by atoms with Gasteiger partial charge in [0.25, 0.3) is 0 Å². The number of rotatable bonds is 11. The van der Waals surface area contributed by atoms with Gasteiger partial charge < -0.3 is 14.2 Å². The van der Waals surface area contributed by atoms with Crippen molar-refractivity contribution in [2.45, 2.75) is 51.8 Å². The zero-order valence-electron chi connectivity index (χ0n) is 20.7. The molecule has 182 valence electrons. The number of hydrogen-bond donors (Lipinski definition) is 0. The van der Waals surface area contributed by atoms with E-state index >= 15 is 0 Å².